The summed E-state index contributed by atoms with van der Waals surface area (Å²) in [6.07, 6.45) is 0. The van der Waals surface area contributed by atoms with E-state index in [-0.39, 0.29) is 6.61 Å². The van der Waals surface area contributed by atoms with Gasteiger partial charge in [0.25, 0.3) is 5.78 Å². The molecule has 1 aromatic carbocycles. The Kier molecular flexibility index (Phi) is 4.60. The molecule has 0 spiro atoms. The molecule has 0 atom stereocenters. The minimum absolute atomic E-state index is 0.185. The van der Waals surface area contributed by atoms with Crippen molar-refractivity contribution in [2.24, 2.45) is 0 Å². The molecule has 0 aliphatic heterocycles. The maximum Gasteiger partial charge on any atom is 0.380 e. The van der Waals surface area contributed by atoms with Crippen LogP contribution >= 0.6 is 38.9 Å². The Morgan fingerprint density at radius 3 is 2.79 bits per heavy atom. The van der Waals surface area contributed by atoms with E-state index in [0.717, 1.165) is 15.6 Å². The predicted octanol–water partition coefficient (Wildman–Crippen LogP) is 4.20. The SMILES string of the molecule is CCOC(=O)C(=O)c1sc2cc(Cl)ccc2c1CBr. The van der Waals surface area contributed by atoms with E-state index in [2.05, 4.69) is 15.9 Å². The van der Waals surface area contributed by atoms with E-state index in [1.807, 2.05) is 6.07 Å². The van der Waals surface area contributed by atoms with Gasteiger partial charge in [-0.25, -0.2) is 4.79 Å². The summed E-state index contributed by atoms with van der Waals surface area (Å²) in [6, 6.07) is 5.41. The summed E-state index contributed by atoms with van der Waals surface area (Å²) >= 11 is 10.5. The molecule has 0 amide bonds. The van der Waals surface area contributed by atoms with E-state index < -0.39 is 11.8 Å². The average Bonchev–Trinajstić information content (AvgIpc) is 2.75. The van der Waals surface area contributed by atoms with Crippen LogP contribution in [0.5, 0.6) is 0 Å². The zero-order chi connectivity index (χ0) is 14.0. The first-order valence-corrected chi connectivity index (χ1v) is 7.88. The normalized spacial score (nSPS) is 10.7. The quantitative estimate of drug-likeness (QED) is 0.355. The molecular weight excluding hydrogens is 352 g/mol. The molecule has 2 rings (SSSR count). The van der Waals surface area contributed by atoms with Crippen molar-refractivity contribution in [2.75, 3.05) is 6.61 Å². The number of fused-ring (bicyclic) bond motifs is 1. The molecule has 1 heterocycles. The molecule has 2 aromatic rings. The largest absolute Gasteiger partial charge is 0.460 e. The molecule has 0 saturated heterocycles. The van der Waals surface area contributed by atoms with Crippen LogP contribution in [-0.2, 0) is 14.9 Å². The van der Waals surface area contributed by atoms with Crippen molar-refractivity contribution in [2.45, 2.75) is 12.3 Å². The maximum absolute atomic E-state index is 12.1. The lowest BCUT2D eigenvalue weighted by Crippen LogP contribution is -2.17. The van der Waals surface area contributed by atoms with Gasteiger partial charge in [0.05, 0.1) is 11.5 Å². The highest BCUT2D eigenvalue weighted by Crippen LogP contribution is 2.35. The third-order valence-electron chi connectivity index (χ3n) is 2.56. The van der Waals surface area contributed by atoms with Gasteiger partial charge in [-0.15, -0.1) is 11.3 Å². The molecule has 19 heavy (non-hydrogen) atoms. The average molecular weight is 362 g/mol. The first-order chi connectivity index (χ1) is 9.08. The van der Waals surface area contributed by atoms with Crippen molar-refractivity contribution < 1.29 is 14.3 Å². The Morgan fingerprint density at radius 2 is 2.16 bits per heavy atom. The fourth-order valence-corrected chi connectivity index (χ4v) is 3.92. The van der Waals surface area contributed by atoms with E-state index in [4.69, 9.17) is 16.3 Å². The number of esters is 1. The summed E-state index contributed by atoms with van der Waals surface area (Å²) in [5, 5.41) is 2.03. The van der Waals surface area contributed by atoms with Gasteiger partial charge >= 0.3 is 5.97 Å². The molecule has 3 nitrogen and oxygen atoms in total. The van der Waals surface area contributed by atoms with Gasteiger partial charge in [-0.2, -0.15) is 0 Å². The van der Waals surface area contributed by atoms with Crippen LogP contribution in [0.25, 0.3) is 10.1 Å². The molecule has 0 radical (unpaired) electrons. The fraction of sp³-hybridized carbons (Fsp3) is 0.231. The molecule has 0 saturated carbocycles. The van der Waals surface area contributed by atoms with E-state index >= 15 is 0 Å². The third-order valence-corrected chi connectivity index (χ3v) is 4.55. The van der Waals surface area contributed by atoms with E-state index in [1.54, 1.807) is 19.1 Å². The Bertz CT molecular complexity index is 651. The van der Waals surface area contributed by atoms with Crippen LogP contribution in [0.2, 0.25) is 5.02 Å². The number of thiophene rings is 1. The number of Topliss-reactive ketones (excluding diaryl/α,β-unsaturated/α-hetero) is 1. The lowest BCUT2D eigenvalue weighted by molar-refractivity contribution is -0.137. The Labute approximate surface area is 127 Å². The second-order valence-electron chi connectivity index (χ2n) is 3.73. The van der Waals surface area contributed by atoms with Crippen molar-refractivity contribution in [3.8, 4) is 0 Å². The highest BCUT2D eigenvalue weighted by Gasteiger charge is 2.24. The number of carbonyl (C=O) groups excluding carboxylic acids is 2. The van der Waals surface area contributed by atoms with Crippen molar-refractivity contribution in [3.05, 3.63) is 33.7 Å². The second-order valence-corrected chi connectivity index (χ2v) is 5.78. The smallest absolute Gasteiger partial charge is 0.380 e. The summed E-state index contributed by atoms with van der Waals surface area (Å²) in [5.41, 5.74) is 0.801. The minimum atomic E-state index is -0.817. The second kappa shape index (κ2) is 6.03. The predicted molar refractivity (Wildman–Crippen MR) is 80.4 cm³/mol. The lowest BCUT2D eigenvalue weighted by atomic mass is 10.1. The summed E-state index contributed by atoms with van der Waals surface area (Å²) < 4.78 is 5.64. The number of hydrogen-bond acceptors (Lipinski definition) is 4. The molecule has 100 valence electrons. The highest BCUT2D eigenvalue weighted by molar-refractivity contribution is 9.08. The number of benzene rings is 1. The molecule has 0 N–H and O–H groups in total. The van der Waals surface area contributed by atoms with Gasteiger partial charge in [0.1, 0.15) is 0 Å². The molecule has 6 heteroatoms. The zero-order valence-electron chi connectivity index (χ0n) is 10.0. The van der Waals surface area contributed by atoms with Crippen LogP contribution < -0.4 is 0 Å². The first kappa shape index (κ1) is 14.5. The van der Waals surface area contributed by atoms with Crippen LogP contribution in [-0.4, -0.2) is 18.4 Å². The molecule has 0 aliphatic rings. The van der Waals surface area contributed by atoms with Crippen LogP contribution in [0.4, 0.5) is 0 Å². The van der Waals surface area contributed by atoms with Gasteiger partial charge in [0.2, 0.25) is 0 Å². The molecule has 0 bridgehead atoms. The van der Waals surface area contributed by atoms with E-state index in [9.17, 15) is 9.59 Å². The fourth-order valence-electron chi connectivity index (χ4n) is 1.73. The number of halogens is 2. The van der Waals surface area contributed by atoms with Gasteiger partial charge in [-0.1, -0.05) is 33.6 Å². The molecule has 0 aliphatic carbocycles. The Morgan fingerprint density at radius 1 is 1.42 bits per heavy atom. The van der Waals surface area contributed by atoms with E-state index in [0.29, 0.717) is 15.2 Å². The van der Waals surface area contributed by atoms with Gasteiger partial charge in [-0.3, -0.25) is 4.79 Å². The van der Waals surface area contributed by atoms with Gasteiger partial charge < -0.3 is 4.74 Å². The van der Waals surface area contributed by atoms with Crippen LogP contribution in [0.3, 0.4) is 0 Å². The Hall–Kier alpha value is -0.910. The molecular formula is C13H10BrClO3S. The number of ketones is 1. The monoisotopic (exact) mass is 360 g/mol. The van der Waals surface area contributed by atoms with Crippen molar-refractivity contribution in [3.63, 3.8) is 0 Å². The number of alkyl halides is 1. The summed E-state index contributed by atoms with van der Waals surface area (Å²) in [5.74, 6) is -1.42. The van der Waals surface area contributed by atoms with Crippen molar-refractivity contribution in [1.82, 2.24) is 0 Å². The van der Waals surface area contributed by atoms with Gasteiger partial charge in [0.15, 0.2) is 0 Å². The minimum Gasteiger partial charge on any atom is -0.460 e. The van der Waals surface area contributed by atoms with Crippen LogP contribution in [0.1, 0.15) is 22.2 Å². The number of ether oxygens (including phenoxy) is 1. The third kappa shape index (κ3) is 2.83. The van der Waals surface area contributed by atoms with Crippen molar-refractivity contribution in [1.29, 1.82) is 0 Å². The van der Waals surface area contributed by atoms with Crippen LogP contribution in [0.15, 0.2) is 18.2 Å². The summed E-state index contributed by atoms with van der Waals surface area (Å²) in [6.45, 7) is 1.85. The number of carbonyl (C=O) groups is 2. The highest BCUT2D eigenvalue weighted by atomic mass is 79.9. The molecule has 0 fully saturated rings. The molecule has 0 unspecified atom stereocenters. The van der Waals surface area contributed by atoms with Gasteiger partial charge in [0, 0.05) is 15.1 Å². The van der Waals surface area contributed by atoms with E-state index in [1.165, 1.54) is 11.3 Å². The summed E-state index contributed by atoms with van der Waals surface area (Å²) in [4.78, 5) is 24.0. The number of rotatable bonds is 4. The van der Waals surface area contributed by atoms with Crippen molar-refractivity contribution >= 4 is 60.7 Å². The topological polar surface area (TPSA) is 43.4 Å². The van der Waals surface area contributed by atoms with Gasteiger partial charge in [-0.05, 0) is 30.0 Å². The first-order valence-electron chi connectivity index (χ1n) is 5.56. The lowest BCUT2D eigenvalue weighted by Gasteiger charge is -2.00. The zero-order valence-corrected chi connectivity index (χ0v) is 13.2. The van der Waals surface area contributed by atoms with Crippen LogP contribution in [0, 0.1) is 0 Å². The summed E-state index contributed by atoms with van der Waals surface area (Å²) in [7, 11) is 0. The maximum atomic E-state index is 12.1. The Balaban J connectivity index is 2.54. The number of hydrogen-bond donors (Lipinski definition) is 0. The standard InChI is InChI=1S/C13H10BrClO3S/c1-2-18-13(17)11(16)12-9(6-14)8-4-3-7(15)5-10(8)19-12/h3-5H,2,6H2,1H3. The molecule has 1 aromatic heterocycles.